The lowest BCUT2D eigenvalue weighted by atomic mass is 9.58. The number of nitrogens with zero attached hydrogens (tertiary/aromatic N) is 4. The number of aryl methyl sites for hydroxylation is 1. The van der Waals surface area contributed by atoms with Gasteiger partial charge in [0.1, 0.15) is 17.7 Å². The number of fused-ring (bicyclic) bond motifs is 3. The predicted octanol–water partition coefficient (Wildman–Crippen LogP) is 2.11. The van der Waals surface area contributed by atoms with Gasteiger partial charge in [-0.2, -0.15) is 5.26 Å². The highest BCUT2D eigenvalue weighted by Gasteiger charge is 2.49. The quantitative estimate of drug-likeness (QED) is 0.770. The molecule has 0 amide bonds. The van der Waals surface area contributed by atoms with E-state index in [1.807, 2.05) is 19.9 Å². The zero-order chi connectivity index (χ0) is 18.5. The van der Waals surface area contributed by atoms with Crippen molar-refractivity contribution in [2.45, 2.75) is 39.0 Å². The average molecular weight is 352 g/mol. The van der Waals surface area contributed by atoms with E-state index in [1.165, 1.54) is 5.56 Å². The standard InChI is InChI=1S/C20H24N4O2/c1-12-16-5-4-15-18(20(16,3)10-14(11-21)17(12)25)22-13(2)23-19(15)24-6-8-26-9-7-24/h10,12,16H,4-9H2,1-3H3. The van der Waals surface area contributed by atoms with Crippen molar-refractivity contribution in [3.63, 3.8) is 0 Å². The summed E-state index contributed by atoms with van der Waals surface area (Å²) in [5.41, 5.74) is 2.04. The molecule has 3 aliphatic rings. The zero-order valence-corrected chi connectivity index (χ0v) is 15.6. The summed E-state index contributed by atoms with van der Waals surface area (Å²) in [6.07, 6.45) is 3.65. The number of nitriles is 1. The van der Waals surface area contributed by atoms with Gasteiger partial charge in [0, 0.05) is 30.0 Å². The van der Waals surface area contributed by atoms with Crippen LogP contribution in [0.15, 0.2) is 11.6 Å². The summed E-state index contributed by atoms with van der Waals surface area (Å²) < 4.78 is 5.49. The van der Waals surface area contributed by atoms with E-state index in [0.29, 0.717) is 13.2 Å². The number of hydrogen-bond acceptors (Lipinski definition) is 6. The summed E-state index contributed by atoms with van der Waals surface area (Å²) in [7, 11) is 0. The number of aromatic nitrogens is 2. The lowest BCUT2D eigenvalue weighted by Gasteiger charge is -2.46. The van der Waals surface area contributed by atoms with E-state index >= 15 is 0 Å². The van der Waals surface area contributed by atoms with Gasteiger partial charge in [-0.05, 0) is 25.7 Å². The van der Waals surface area contributed by atoms with Crippen molar-refractivity contribution < 1.29 is 9.53 Å². The molecule has 26 heavy (non-hydrogen) atoms. The van der Waals surface area contributed by atoms with Gasteiger partial charge in [-0.25, -0.2) is 9.97 Å². The number of carbonyl (C=O) groups excluding carboxylic acids is 1. The maximum Gasteiger partial charge on any atom is 0.176 e. The van der Waals surface area contributed by atoms with Crippen molar-refractivity contribution in [3.05, 3.63) is 28.7 Å². The molecule has 1 aliphatic heterocycles. The highest BCUT2D eigenvalue weighted by Crippen LogP contribution is 2.50. The number of Topliss-reactive ketones (excluding diaryl/α,β-unsaturated/α-hetero) is 1. The van der Waals surface area contributed by atoms with Crippen LogP contribution in [0, 0.1) is 30.1 Å². The van der Waals surface area contributed by atoms with Crippen molar-refractivity contribution >= 4 is 11.6 Å². The van der Waals surface area contributed by atoms with Crippen LogP contribution in [0.1, 0.15) is 37.4 Å². The number of anilines is 1. The molecule has 6 nitrogen and oxygen atoms in total. The van der Waals surface area contributed by atoms with Gasteiger partial charge in [-0.1, -0.05) is 19.9 Å². The SMILES string of the molecule is Cc1nc(N2CCOCC2)c2c(n1)C1(C)C=C(C#N)C(=O)C(C)C1CC2. The maximum absolute atomic E-state index is 12.5. The fraction of sp³-hybridized carbons (Fsp3) is 0.600. The second-order valence-corrected chi connectivity index (χ2v) is 7.77. The minimum absolute atomic E-state index is 0.0300. The second-order valence-electron chi connectivity index (χ2n) is 7.77. The van der Waals surface area contributed by atoms with Crippen LogP contribution < -0.4 is 4.90 Å². The van der Waals surface area contributed by atoms with Crippen LogP contribution in [0.4, 0.5) is 5.82 Å². The molecule has 3 unspecified atom stereocenters. The summed E-state index contributed by atoms with van der Waals surface area (Å²) >= 11 is 0. The fourth-order valence-electron chi connectivity index (χ4n) is 4.90. The summed E-state index contributed by atoms with van der Waals surface area (Å²) in [5, 5.41) is 9.45. The Morgan fingerprint density at radius 2 is 2.08 bits per heavy atom. The molecule has 2 aliphatic carbocycles. The highest BCUT2D eigenvalue weighted by atomic mass is 16.5. The van der Waals surface area contributed by atoms with Crippen LogP contribution in [-0.4, -0.2) is 42.1 Å². The minimum Gasteiger partial charge on any atom is -0.378 e. The number of rotatable bonds is 1. The van der Waals surface area contributed by atoms with Gasteiger partial charge in [0.05, 0.1) is 24.5 Å². The molecule has 0 bridgehead atoms. The first-order chi connectivity index (χ1) is 12.5. The molecule has 4 rings (SSSR count). The Morgan fingerprint density at radius 1 is 1.35 bits per heavy atom. The molecule has 0 N–H and O–H groups in total. The summed E-state index contributed by atoms with van der Waals surface area (Å²) in [6, 6.07) is 2.11. The smallest absolute Gasteiger partial charge is 0.176 e. The molecule has 2 heterocycles. The molecule has 1 fully saturated rings. The molecular weight excluding hydrogens is 328 g/mol. The maximum atomic E-state index is 12.5. The molecular formula is C20H24N4O2. The topological polar surface area (TPSA) is 79.1 Å². The Kier molecular flexibility index (Phi) is 4.07. The number of carbonyl (C=O) groups is 1. The predicted molar refractivity (Wildman–Crippen MR) is 96.8 cm³/mol. The second kappa shape index (κ2) is 6.17. The van der Waals surface area contributed by atoms with Gasteiger partial charge in [0.2, 0.25) is 0 Å². The van der Waals surface area contributed by atoms with Crippen LogP contribution in [0.5, 0.6) is 0 Å². The van der Waals surface area contributed by atoms with Crippen molar-refractivity contribution in [1.29, 1.82) is 5.26 Å². The summed E-state index contributed by atoms with van der Waals surface area (Å²) in [6.45, 7) is 9.09. The molecule has 0 radical (unpaired) electrons. The monoisotopic (exact) mass is 352 g/mol. The van der Waals surface area contributed by atoms with E-state index in [9.17, 15) is 10.1 Å². The normalized spacial score (nSPS) is 30.9. The van der Waals surface area contributed by atoms with Crippen LogP contribution in [0.25, 0.3) is 0 Å². The molecule has 1 saturated heterocycles. The molecule has 1 aromatic rings. The highest BCUT2D eigenvalue weighted by molar-refractivity contribution is 6.02. The van der Waals surface area contributed by atoms with E-state index in [2.05, 4.69) is 17.9 Å². The number of morpholine rings is 1. The number of allylic oxidation sites excluding steroid dienone is 2. The van der Waals surface area contributed by atoms with E-state index in [1.54, 1.807) is 0 Å². The van der Waals surface area contributed by atoms with Crippen LogP contribution in [-0.2, 0) is 21.4 Å². The fourth-order valence-corrected chi connectivity index (χ4v) is 4.90. The van der Waals surface area contributed by atoms with Gasteiger partial charge >= 0.3 is 0 Å². The summed E-state index contributed by atoms with van der Waals surface area (Å²) in [5.74, 6) is 1.73. The Morgan fingerprint density at radius 3 is 2.77 bits per heavy atom. The van der Waals surface area contributed by atoms with Gasteiger partial charge in [-0.15, -0.1) is 0 Å². The van der Waals surface area contributed by atoms with Crippen LogP contribution in [0.2, 0.25) is 0 Å². The zero-order valence-electron chi connectivity index (χ0n) is 15.6. The third-order valence-corrected chi connectivity index (χ3v) is 6.24. The lowest BCUT2D eigenvalue weighted by molar-refractivity contribution is -0.121. The summed E-state index contributed by atoms with van der Waals surface area (Å²) in [4.78, 5) is 24.4. The molecule has 3 atom stereocenters. The van der Waals surface area contributed by atoms with Crippen molar-refractivity contribution in [3.8, 4) is 6.07 Å². The number of ketones is 1. The Bertz CT molecular complexity index is 835. The minimum atomic E-state index is -0.402. The molecule has 1 aromatic heterocycles. The van der Waals surface area contributed by atoms with Gasteiger partial charge in [0.15, 0.2) is 5.78 Å². The van der Waals surface area contributed by atoms with Crippen molar-refractivity contribution in [2.75, 3.05) is 31.2 Å². The van der Waals surface area contributed by atoms with Gasteiger partial charge in [-0.3, -0.25) is 4.79 Å². The van der Waals surface area contributed by atoms with Crippen molar-refractivity contribution in [2.24, 2.45) is 11.8 Å². The first-order valence-electron chi connectivity index (χ1n) is 9.33. The largest absolute Gasteiger partial charge is 0.378 e. The number of hydrogen-bond donors (Lipinski definition) is 0. The average Bonchev–Trinajstić information content (AvgIpc) is 2.65. The Hall–Kier alpha value is -2.26. The van der Waals surface area contributed by atoms with Gasteiger partial charge in [0.25, 0.3) is 0 Å². The van der Waals surface area contributed by atoms with E-state index < -0.39 is 5.41 Å². The molecule has 6 heteroatoms. The first kappa shape index (κ1) is 17.2. The molecule has 0 spiro atoms. The molecule has 136 valence electrons. The Balaban J connectivity index is 1.89. The van der Waals surface area contributed by atoms with Crippen molar-refractivity contribution in [1.82, 2.24) is 9.97 Å². The van der Waals surface area contributed by atoms with E-state index in [0.717, 1.165) is 43.3 Å². The van der Waals surface area contributed by atoms with Crippen LogP contribution >= 0.6 is 0 Å². The molecule has 0 saturated carbocycles. The number of ether oxygens (including phenoxy) is 1. The Labute approximate surface area is 153 Å². The van der Waals surface area contributed by atoms with E-state index in [4.69, 9.17) is 14.7 Å². The van der Waals surface area contributed by atoms with Gasteiger partial charge < -0.3 is 9.64 Å². The van der Waals surface area contributed by atoms with Crippen LogP contribution in [0.3, 0.4) is 0 Å². The molecule has 0 aromatic carbocycles. The van der Waals surface area contributed by atoms with E-state index in [-0.39, 0.29) is 23.2 Å². The third kappa shape index (κ3) is 2.45. The first-order valence-corrected chi connectivity index (χ1v) is 9.33. The lowest BCUT2D eigenvalue weighted by Crippen LogP contribution is -2.47. The third-order valence-electron chi connectivity index (χ3n) is 6.24.